The molecule has 3 heteroatoms. The van der Waals surface area contributed by atoms with Gasteiger partial charge >= 0.3 is 5.97 Å². The average molecular weight is 212 g/mol. The third-order valence-corrected chi connectivity index (χ3v) is 3.08. The Balaban J connectivity index is 2.41. The van der Waals surface area contributed by atoms with Gasteiger partial charge in [-0.15, -0.1) is 0 Å². The van der Waals surface area contributed by atoms with Crippen LogP contribution in [0.1, 0.15) is 46.0 Å². The molecule has 0 aliphatic heterocycles. The molecule has 15 heavy (non-hydrogen) atoms. The Labute approximate surface area is 91.2 Å². The molecule has 2 atom stereocenters. The molecule has 86 valence electrons. The van der Waals surface area contributed by atoms with Crippen LogP contribution in [0, 0.1) is 11.8 Å². The lowest BCUT2D eigenvalue weighted by molar-refractivity contribution is -0.145. The van der Waals surface area contributed by atoms with Gasteiger partial charge in [0.05, 0.1) is 6.61 Å². The van der Waals surface area contributed by atoms with E-state index in [0.717, 1.165) is 19.3 Å². The average Bonchev–Trinajstić information content (AvgIpc) is 2.18. The highest BCUT2D eigenvalue weighted by atomic mass is 16.5. The standard InChI is InChI=1S/C12H20O3/c1-3-15-12(14)8-9(2)10-6-4-5-7-11(10)13/h9-10H,3-8H2,1-2H3. The molecule has 1 saturated carbocycles. The van der Waals surface area contributed by atoms with E-state index in [9.17, 15) is 9.59 Å². The highest BCUT2D eigenvalue weighted by Gasteiger charge is 2.28. The van der Waals surface area contributed by atoms with Crippen LogP contribution in [0.15, 0.2) is 0 Å². The van der Waals surface area contributed by atoms with Crippen LogP contribution in [0.3, 0.4) is 0 Å². The zero-order chi connectivity index (χ0) is 11.3. The molecule has 2 unspecified atom stereocenters. The fourth-order valence-corrected chi connectivity index (χ4v) is 2.24. The lowest BCUT2D eigenvalue weighted by Gasteiger charge is -2.25. The zero-order valence-electron chi connectivity index (χ0n) is 9.62. The summed E-state index contributed by atoms with van der Waals surface area (Å²) in [5, 5.41) is 0. The fourth-order valence-electron chi connectivity index (χ4n) is 2.24. The molecular weight excluding hydrogens is 192 g/mol. The van der Waals surface area contributed by atoms with Gasteiger partial charge in [0.25, 0.3) is 0 Å². The summed E-state index contributed by atoms with van der Waals surface area (Å²) in [5.41, 5.74) is 0. The summed E-state index contributed by atoms with van der Waals surface area (Å²) in [5.74, 6) is 0.376. The third kappa shape index (κ3) is 3.65. The van der Waals surface area contributed by atoms with Crippen molar-refractivity contribution in [2.75, 3.05) is 6.61 Å². The molecule has 1 rings (SSSR count). The Morgan fingerprint density at radius 1 is 1.53 bits per heavy atom. The van der Waals surface area contributed by atoms with Crippen LogP contribution < -0.4 is 0 Å². The Hall–Kier alpha value is -0.860. The van der Waals surface area contributed by atoms with Crippen molar-refractivity contribution < 1.29 is 14.3 Å². The summed E-state index contributed by atoms with van der Waals surface area (Å²) in [6.45, 7) is 4.20. The van der Waals surface area contributed by atoms with E-state index >= 15 is 0 Å². The van der Waals surface area contributed by atoms with Gasteiger partial charge in [-0.3, -0.25) is 9.59 Å². The van der Waals surface area contributed by atoms with Crippen molar-refractivity contribution in [3.05, 3.63) is 0 Å². The Morgan fingerprint density at radius 2 is 2.27 bits per heavy atom. The molecule has 1 aliphatic rings. The normalized spacial score (nSPS) is 23.6. The van der Waals surface area contributed by atoms with E-state index in [-0.39, 0.29) is 17.8 Å². The molecule has 0 radical (unpaired) electrons. The minimum Gasteiger partial charge on any atom is -0.466 e. The summed E-state index contributed by atoms with van der Waals surface area (Å²) in [7, 11) is 0. The summed E-state index contributed by atoms with van der Waals surface area (Å²) in [6, 6.07) is 0. The van der Waals surface area contributed by atoms with Crippen molar-refractivity contribution in [1.82, 2.24) is 0 Å². The number of carbonyl (C=O) groups is 2. The monoisotopic (exact) mass is 212 g/mol. The minimum atomic E-state index is -0.177. The van der Waals surface area contributed by atoms with Gasteiger partial charge in [0, 0.05) is 18.8 Å². The van der Waals surface area contributed by atoms with Gasteiger partial charge in [-0.25, -0.2) is 0 Å². The summed E-state index contributed by atoms with van der Waals surface area (Å²) in [4.78, 5) is 22.9. The number of rotatable bonds is 4. The largest absolute Gasteiger partial charge is 0.466 e. The molecule has 1 aliphatic carbocycles. The Kier molecular flexibility index (Phi) is 4.79. The Bertz CT molecular complexity index is 235. The lowest BCUT2D eigenvalue weighted by Crippen LogP contribution is -2.27. The fraction of sp³-hybridized carbons (Fsp3) is 0.833. The zero-order valence-corrected chi connectivity index (χ0v) is 9.62. The van der Waals surface area contributed by atoms with Gasteiger partial charge in [-0.1, -0.05) is 13.3 Å². The second kappa shape index (κ2) is 5.89. The predicted octanol–water partition coefficient (Wildman–Crippen LogP) is 2.33. The quantitative estimate of drug-likeness (QED) is 0.672. The number of hydrogen-bond acceptors (Lipinski definition) is 3. The van der Waals surface area contributed by atoms with Crippen molar-refractivity contribution >= 4 is 11.8 Å². The molecule has 0 spiro atoms. The first-order valence-corrected chi connectivity index (χ1v) is 5.83. The van der Waals surface area contributed by atoms with Crippen LogP contribution in [-0.4, -0.2) is 18.4 Å². The first-order valence-electron chi connectivity index (χ1n) is 5.83. The van der Waals surface area contributed by atoms with Crippen molar-refractivity contribution in [2.24, 2.45) is 11.8 Å². The lowest BCUT2D eigenvalue weighted by atomic mass is 9.78. The van der Waals surface area contributed by atoms with Crippen LogP contribution in [0.4, 0.5) is 0 Å². The van der Waals surface area contributed by atoms with E-state index in [1.165, 1.54) is 0 Å². The van der Waals surface area contributed by atoms with E-state index in [1.54, 1.807) is 6.92 Å². The van der Waals surface area contributed by atoms with E-state index in [0.29, 0.717) is 25.2 Å². The van der Waals surface area contributed by atoms with Crippen molar-refractivity contribution in [3.8, 4) is 0 Å². The van der Waals surface area contributed by atoms with E-state index in [2.05, 4.69) is 0 Å². The second-order valence-corrected chi connectivity index (χ2v) is 4.31. The summed E-state index contributed by atoms with van der Waals surface area (Å²) >= 11 is 0. The van der Waals surface area contributed by atoms with Crippen LogP contribution in [0.5, 0.6) is 0 Å². The van der Waals surface area contributed by atoms with E-state index < -0.39 is 0 Å². The molecule has 0 heterocycles. The van der Waals surface area contributed by atoms with Crippen molar-refractivity contribution in [2.45, 2.75) is 46.0 Å². The van der Waals surface area contributed by atoms with Crippen LogP contribution in [0.2, 0.25) is 0 Å². The maximum atomic E-state index is 11.6. The number of Topliss-reactive ketones (excluding diaryl/α,β-unsaturated/α-hetero) is 1. The third-order valence-electron chi connectivity index (χ3n) is 3.08. The van der Waals surface area contributed by atoms with Crippen molar-refractivity contribution in [3.63, 3.8) is 0 Å². The van der Waals surface area contributed by atoms with Gasteiger partial charge in [0.15, 0.2) is 0 Å². The number of ketones is 1. The number of esters is 1. The maximum absolute atomic E-state index is 11.6. The smallest absolute Gasteiger partial charge is 0.306 e. The number of hydrogen-bond donors (Lipinski definition) is 0. The van der Waals surface area contributed by atoms with Crippen LogP contribution >= 0.6 is 0 Å². The van der Waals surface area contributed by atoms with Gasteiger partial charge in [-0.05, 0) is 25.7 Å². The molecule has 0 saturated heterocycles. The molecule has 0 aromatic carbocycles. The SMILES string of the molecule is CCOC(=O)CC(C)C1CCCCC1=O. The minimum absolute atomic E-state index is 0.0863. The number of ether oxygens (including phenoxy) is 1. The molecular formula is C12H20O3. The summed E-state index contributed by atoms with van der Waals surface area (Å²) < 4.78 is 4.89. The maximum Gasteiger partial charge on any atom is 0.306 e. The molecule has 0 amide bonds. The topological polar surface area (TPSA) is 43.4 Å². The molecule has 3 nitrogen and oxygen atoms in total. The first-order chi connectivity index (χ1) is 7.15. The van der Waals surface area contributed by atoms with Crippen LogP contribution in [0.25, 0.3) is 0 Å². The van der Waals surface area contributed by atoms with Gasteiger partial charge in [0.2, 0.25) is 0 Å². The van der Waals surface area contributed by atoms with Gasteiger partial charge in [-0.2, -0.15) is 0 Å². The van der Waals surface area contributed by atoms with Crippen molar-refractivity contribution in [1.29, 1.82) is 0 Å². The number of carbonyl (C=O) groups excluding carboxylic acids is 2. The molecule has 0 bridgehead atoms. The molecule has 0 N–H and O–H groups in total. The summed E-state index contributed by atoms with van der Waals surface area (Å²) in [6.07, 6.45) is 4.15. The highest BCUT2D eigenvalue weighted by Crippen LogP contribution is 2.29. The van der Waals surface area contributed by atoms with E-state index in [4.69, 9.17) is 4.74 Å². The van der Waals surface area contributed by atoms with Gasteiger partial charge in [0.1, 0.15) is 5.78 Å². The first kappa shape index (κ1) is 12.2. The molecule has 1 fully saturated rings. The van der Waals surface area contributed by atoms with Crippen LogP contribution in [-0.2, 0) is 14.3 Å². The van der Waals surface area contributed by atoms with Gasteiger partial charge < -0.3 is 4.74 Å². The predicted molar refractivity (Wildman–Crippen MR) is 57.4 cm³/mol. The highest BCUT2D eigenvalue weighted by molar-refractivity contribution is 5.82. The Morgan fingerprint density at radius 3 is 2.87 bits per heavy atom. The van der Waals surface area contributed by atoms with E-state index in [1.807, 2.05) is 6.92 Å². The second-order valence-electron chi connectivity index (χ2n) is 4.31. The molecule has 0 aromatic heterocycles. The molecule has 0 aromatic rings.